The van der Waals surface area contributed by atoms with Gasteiger partial charge >= 0.3 is 0 Å². The Labute approximate surface area is 99.9 Å². The average molecular weight is 256 g/mol. The highest BCUT2D eigenvalue weighted by Crippen LogP contribution is 2.28. The summed E-state index contributed by atoms with van der Waals surface area (Å²) in [6.45, 7) is 5.67. The Morgan fingerprint density at radius 2 is 1.43 bits per heavy atom. The zero-order valence-corrected chi connectivity index (χ0v) is 10.5. The third-order valence-electron chi connectivity index (χ3n) is 1.31. The Bertz CT molecular complexity index is 241. The molecule has 0 spiro atoms. The molecule has 1 nitrogen and oxygen atoms in total. The first kappa shape index (κ1) is 14.1. The summed E-state index contributed by atoms with van der Waals surface area (Å²) in [5, 5.41) is 1.40. The summed E-state index contributed by atoms with van der Waals surface area (Å²) in [6, 6.07) is 5.13. The van der Waals surface area contributed by atoms with Gasteiger partial charge in [-0.3, -0.25) is 0 Å². The van der Waals surface area contributed by atoms with E-state index in [1.807, 2.05) is 13.8 Å². The largest absolute Gasteiger partial charge is 0.382 e. The van der Waals surface area contributed by atoms with Crippen molar-refractivity contribution in [1.82, 2.24) is 0 Å². The molecule has 0 unspecified atom stereocenters. The van der Waals surface area contributed by atoms with Crippen LogP contribution in [0.25, 0.3) is 0 Å². The topological polar surface area (TPSA) is 9.23 Å². The van der Waals surface area contributed by atoms with Crippen LogP contribution >= 0.6 is 34.8 Å². The molecule has 80 valence electrons. The standard InChI is InChI=1S/C6H3Cl3.C4H10O/c7-4-2-1-3-5(8)6(4)9;1-3-5-4-2/h1-3H;3-4H2,1-2H3. The van der Waals surface area contributed by atoms with Gasteiger partial charge in [0.15, 0.2) is 0 Å². The average Bonchev–Trinajstić information content (AvgIpc) is 2.16. The van der Waals surface area contributed by atoms with Crippen LogP contribution in [0.2, 0.25) is 15.1 Å². The van der Waals surface area contributed by atoms with Gasteiger partial charge in [-0.1, -0.05) is 40.9 Å². The van der Waals surface area contributed by atoms with Crippen LogP contribution in [0.5, 0.6) is 0 Å². The first-order valence-corrected chi connectivity index (χ1v) is 5.44. The van der Waals surface area contributed by atoms with E-state index in [0.29, 0.717) is 15.1 Å². The minimum Gasteiger partial charge on any atom is -0.382 e. The maximum absolute atomic E-state index is 5.61. The Morgan fingerprint density at radius 3 is 1.64 bits per heavy atom. The summed E-state index contributed by atoms with van der Waals surface area (Å²) in [5.41, 5.74) is 0. The van der Waals surface area contributed by atoms with Crippen LogP contribution in [-0.4, -0.2) is 13.2 Å². The molecule has 0 bridgehead atoms. The van der Waals surface area contributed by atoms with Gasteiger partial charge in [0, 0.05) is 13.2 Å². The van der Waals surface area contributed by atoms with E-state index in [-0.39, 0.29) is 0 Å². The third-order valence-corrected chi connectivity index (χ3v) is 2.54. The van der Waals surface area contributed by atoms with Crippen molar-refractivity contribution in [3.8, 4) is 0 Å². The van der Waals surface area contributed by atoms with Gasteiger partial charge in [0.1, 0.15) is 0 Å². The first-order valence-electron chi connectivity index (χ1n) is 4.30. The van der Waals surface area contributed by atoms with E-state index in [4.69, 9.17) is 39.5 Å². The molecular formula is C10H13Cl3O. The molecule has 0 aliphatic rings. The molecule has 0 amide bonds. The highest BCUT2D eigenvalue weighted by molar-refractivity contribution is 6.47. The molecule has 1 aromatic carbocycles. The van der Waals surface area contributed by atoms with Gasteiger partial charge in [0.2, 0.25) is 0 Å². The lowest BCUT2D eigenvalue weighted by atomic mass is 10.4. The maximum atomic E-state index is 5.61. The van der Waals surface area contributed by atoms with Gasteiger partial charge in [0.25, 0.3) is 0 Å². The number of halogens is 3. The van der Waals surface area contributed by atoms with Crippen molar-refractivity contribution in [2.45, 2.75) is 13.8 Å². The normalized spacial score (nSPS) is 9.21. The second-order valence-electron chi connectivity index (χ2n) is 2.32. The smallest absolute Gasteiger partial charge is 0.0778 e. The molecule has 0 atom stereocenters. The number of rotatable bonds is 2. The summed E-state index contributed by atoms with van der Waals surface area (Å²) in [7, 11) is 0. The molecule has 0 aliphatic heterocycles. The minimum atomic E-state index is 0.417. The lowest BCUT2D eigenvalue weighted by molar-refractivity contribution is 0.162. The molecule has 0 fully saturated rings. The van der Waals surface area contributed by atoms with Crippen molar-refractivity contribution in [2.24, 2.45) is 0 Å². The van der Waals surface area contributed by atoms with Crippen LogP contribution in [0, 0.1) is 0 Å². The van der Waals surface area contributed by atoms with Gasteiger partial charge in [-0.15, -0.1) is 0 Å². The predicted molar refractivity (Wildman–Crippen MR) is 63.6 cm³/mol. The maximum Gasteiger partial charge on any atom is 0.0778 e. The fourth-order valence-electron chi connectivity index (χ4n) is 0.682. The molecule has 0 aromatic heterocycles. The van der Waals surface area contributed by atoms with Crippen LogP contribution in [0.4, 0.5) is 0 Å². The number of hydrogen-bond donors (Lipinski definition) is 0. The van der Waals surface area contributed by atoms with Crippen molar-refractivity contribution in [3.63, 3.8) is 0 Å². The fraction of sp³-hybridized carbons (Fsp3) is 0.400. The molecule has 14 heavy (non-hydrogen) atoms. The predicted octanol–water partition coefficient (Wildman–Crippen LogP) is 4.69. The minimum absolute atomic E-state index is 0.417. The molecule has 0 saturated heterocycles. The number of hydrogen-bond acceptors (Lipinski definition) is 1. The molecule has 0 aliphatic carbocycles. The summed E-state index contributed by atoms with van der Waals surface area (Å²) < 4.78 is 4.83. The quantitative estimate of drug-likeness (QED) is 0.697. The van der Waals surface area contributed by atoms with Crippen molar-refractivity contribution in [2.75, 3.05) is 13.2 Å². The van der Waals surface area contributed by atoms with Crippen LogP contribution in [0.3, 0.4) is 0 Å². The molecule has 4 heteroatoms. The highest BCUT2D eigenvalue weighted by atomic mass is 35.5. The Kier molecular flexibility index (Phi) is 8.40. The molecule has 0 radical (unpaired) electrons. The lowest BCUT2D eigenvalue weighted by Gasteiger charge is -1.94. The monoisotopic (exact) mass is 254 g/mol. The van der Waals surface area contributed by atoms with Gasteiger partial charge in [-0.2, -0.15) is 0 Å². The van der Waals surface area contributed by atoms with Gasteiger partial charge in [-0.25, -0.2) is 0 Å². The van der Waals surface area contributed by atoms with Crippen molar-refractivity contribution < 1.29 is 4.74 Å². The van der Waals surface area contributed by atoms with E-state index < -0.39 is 0 Å². The summed E-state index contributed by atoms with van der Waals surface area (Å²) in [4.78, 5) is 0. The van der Waals surface area contributed by atoms with Crippen molar-refractivity contribution >= 4 is 34.8 Å². The summed E-state index contributed by atoms with van der Waals surface area (Å²) in [5.74, 6) is 0. The summed E-state index contributed by atoms with van der Waals surface area (Å²) in [6.07, 6.45) is 0. The van der Waals surface area contributed by atoms with E-state index in [2.05, 4.69) is 0 Å². The third kappa shape index (κ3) is 5.71. The molecule has 1 aromatic rings. The molecule has 1 rings (SSSR count). The molecule has 0 saturated carbocycles. The van der Waals surface area contributed by atoms with E-state index in [9.17, 15) is 0 Å². The van der Waals surface area contributed by atoms with E-state index in [1.54, 1.807) is 18.2 Å². The number of benzene rings is 1. The second-order valence-corrected chi connectivity index (χ2v) is 3.51. The second kappa shape index (κ2) is 8.37. The van der Waals surface area contributed by atoms with Gasteiger partial charge < -0.3 is 4.74 Å². The van der Waals surface area contributed by atoms with Crippen LogP contribution in [0.15, 0.2) is 18.2 Å². The fourth-order valence-corrected chi connectivity index (χ4v) is 1.21. The van der Waals surface area contributed by atoms with E-state index in [1.165, 1.54) is 0 Å². The van der Waals surface area contributed by atoms with Gasteiger partial charge in [-0.05, 0) is 26.0 Å². The zero-order chi connectivity index (χ0) is 11.0. The van der Waals surface area contributed by atoms with Crippen LogP contribution < -0.4 is 0 Å². The Morgan fingerprint density at radius 1 is 1.00 bits per heavy atom. The van der Waals surface area contributed by atoms with Crippen molar-refractivity contribution in [3.05, 3.63) is 33.3 Å². The zero-order valence-electron chi connectivity index (χ0n) is 8.19. The molecule has 0 N–H and O–H groups in total. The Hall–Kier alpha value is 0.0500. The van der Waals surface area contributed by atoms with Gasteiger partial charge in [0.05, 0.1) is 15.1 Å². The van der Waals surface area contributed by atoms with E-state index >= 15 is 0 Å². The molecular weight excluding hydrogens is 242 g/mol. The highest BCUT2D eigenvalue weighted by Gasteiger charge is 1.98. The summed E-state index contributed by atoms with van der Waals surface area (Å²) >= 11 is 16.8. The lowest BCUT2D eigenvalue weighted by Crippen LogP contribution is -1.84. The van der Waals surface area contributed by atoms with E-state index in [0.717, 1.165) is 13.2 Å². The Balaban J connectivity index is 0.000000292. The van der Waals surface area contributed by atoms with Crippen LogP contribution in [0.1, 0.15) is 13.8 Å². The van der Waals surface area contributed by atoms with Crippen molar-refractivity contribution in [1.29, 1.82) is 0 Å². The SMILES string of the molecule is CCOCC.Clc1cccc(Cl)c1Cl. The van der Waals surface area contributed by atoms with Crippen LogP contribution in [-0.2, 0) is 4.74 Å². The number of ether oxygens (including phenoxy) is 1. The first-order chi connectivity index (χ1) is 6.63. The molecule has 0 heterocycles.